The number of rotatable bonds is 8. The lowest BCUT2D eigenvalue weighted by molar-refractivity contribution is -0.127. The van der Waals surface area contributed by atoms with Crippen LogP contribution in [0.5, 0.6) is 0 Å². The number of hydrogen-bond donors (Lipinski definition) is 1. The summed E-state index contributed by atoms with van der Waals surface area (Å²) in [6, 6.07) is 0.572. The molecule has 2 fully saturated rings. The quantitative estimate of drug-likeness (QED) is 0.672. The number of aromatic nitrogens is 2. The summed E-state index contributed by atoms with van der Waals surface area (Å²) in [6.45, 7) is 10.1. The number of ether oxygens (including phenoxy) is 1. The second-order valence-corrected chi connectivity index (χ2v) is 8.33. The Labute approximate surface area is 168 Å². The zero-order valence-corrected chi connectivity index (χ0v) is 17.5. The lowest BCUT2D eigenvalue weighted by Gasteiger charge is -2.41. The standard InChI is InChI=1S/C20H35N5O3/c1-15(2)20-22-18(23-28-20)14-24-10-6-17(7-11-24)25-9-4-5-16(13-25)19(26)21-8-12-27-3/h15-17H,4-14H2,1-3H3,(H,21,26)/t16-/m0/s1. The van der Waals surface area contributed by atoms with E-state index in [2.05, 4.69) is 39.1 Å². The number of hydrogen-bond acceptors (Lipinski definition) is 7. The van der Waals surface area contributed by atoms with Gasteiger partial charge in [0, 0.05) is 45.2 Å². The third kappa shape index (κ3) is 5.75. The number of likely N-dealkylation sites (tertiary alicyclic amines) is 2. The minimum absolute atomic E-state index is 0.109. The van der Waals surface area contributed by atoms with Gasteiger partial charge in [-0.25, -0.2) is 0 Å². The van der Waals surface area contributed by atoms with Crippen molar-refractivity contribution in [1.29, 1.82) is 0 Å². The Morgan fingerprint density at radius 2 is 2.07 bits per heavy atom. The first-order chi connectivity index (χ1) is 13.6. The van der Waals surface area contributed by atoms with E-state index in [1.807, 2.05) is 0 Å². The van der Waals surface area contributed by atoms with E-state index in [1.165, 1.54) is 0 Å². The molecule has 28 heavy (non-hydrogen) atoms. The van der Waals surface area contributed by atoms with Gasteiger partial charge >= 0.3 is 0 Å². The second-order valence-electron chi connectivity index (χ2n) is 8.33. The average molecular weight is 394 g/mol. The van der Waals surface area contributed by atoms with Gasteiger partial charge in [0.05, 0.1) is 19.1 Å². The van der Waals surface area contributed by atoms with E-state index in [9.17, 15) is 4.79 Å². The van der Waals surface area contributed by atoms with Crippen LogP contribution in [0.4, 0.5) is 0 Å². The first kappa shape index (κ1) is 21.2. The average Bonchev–Trinajstić information content (AvgIpc) is 3.18. The molecule has 8 nitrogen and oxygen atoms in total. The third-order valence-corrected chi connectivity index (χ3v) is 5.85. The number of piperidine rings is 2. The van der Waals surface area contributed by atoms with Gasteiger partial charge in [0.2, 0.25) is 11.8 Å². The normalized spacial score (nSPS) is 22.6. The molecule has 1 amide bonds. The summed E-state index contributed by atoms with van der Waals surface area (Å²) < 4.78 is 10.3. The van der Waals surface area contributed by atoms with Crippen LogP contribution in [0.15, 0.2) is 4.52 Å². The van der Waals surface area contributed by atoms with Crippen LogP contribution >= 0.6 is 0 Å². The lowest BCUT2D eigenvalue weighted by atomic mass is 9.93. The van der Waals surface area contributed by atoms with Crippen molar-refractivity contribution < 1.29 is 14.1 Å². The molecule has 1 atom stereocenters. The summed E-state index contributed by atoms with van der Waals surface area (Å²) in [5, 5.41) is 7.11. The number of nitrogens with zero attached hydrogens (tertiary/aromatic N) is 4. The Morgan fingerprint density at radius 3 is 2.75 bits per heavy atom. The number of carbonyl (C=O) groups excluding carboxylic acids is 1. The maximum atomic E-state index is 12.4. The number of nitrogens with one attached hydrogen (secondary N) is 1. The molecule has 2 saturated heterocycles. The molecule has 3 rings (SSSR count). The molecule has 0 aliphatic carbocycles. The van der Waals surface area contributed by atoms with E-state index >= 15 is 0 Å². The van der Waals surface area contributed by atoms with Gasteiger partial charge < -0.3 is 14.6 Å². The Kier molecular flexibility index (Phi) is 7.82. The topological polar surface area (TPSA) is 83.7 Å². The fourth-order valence-electron chi connectivity index (χ4n) is 4.18. The Morgan fingerprint density at radius 1 is 1.29 bits per heavy atom. The van der Waals surface area contributed by atoms with Crippen LogP contribution in [0.1, 0.15) is 57.2 Å². The molecule has 0 bridgehead atoms. The van der Waals surface area contributed by atoms with Crippen LogP contribution in [0.25, 0.3) is 0 Å². The van der Waals surface area contributed by atoms with Crippen molar-refractivity contribution in [1.82, 2.24) is 25.3 Å². The lowest BCUT2D eigenvalue weighted by Crippen LogP contribution is -2.50. The van der Waals surface area contributed by atoms with E-state index in [-0.39, 0.29) is 17.7 Å². The molecule has 0 radical (unpaired) electrons. The maximum Gasteiger partial charge on any atom is 0.229 e. The highest BCUT2D eigenvalue weighted by atomic mass is 16.5. The van der Waals surface area contributed by atoms with E-state index in [0.29, 0.717) is 25.1 Å². The van der Waals surface area contributed by atoms with Crippen molar-refractivity contribution in [3.63, 3.8) is 0 Å². The van der Waals surface area contributed by atoms with Gasteiger partial charge in [0.25, 0.3) is 0 Å². The predicted octanol–water partition coefficient (Wildman–Crippen LogP) is 1.63. The van der Waals surface area contributed by atoms with Gasteiger partial charge in [-0.15, -0.1) is 0 Å². The fourth-order valence-corrected chi connectivity index (χ4v) is 4.18. The largest absolute Gasteiger partial charge is 0.383 e. The molecule has 8 heteroatoms. The smallest absolute Gasteiger partial charge is 0.229 e. The zero-order chi connectivity index (χ0) is 19.9. The van der Waals surface area contributed by atoms with E-state index in [4.69, 9.17) is 9.26 Å². The van der Waals surface area contributed by atoms with Gasteiger partial charge in [-0.2, -0.15) is 4.98 Å². The molecule has 1 N–H and O–H groups in total. The molecule has 1 aromatic rings. The van der Waals surface area contributed by atoms with Crippen LogP contribution in [0.2, 0.25) is 0 Å². The molecule has 0 saturated carbocycles. The van der Waals surface area contributed by atoms with Crippen molar-refractivity contribution in [3.8, 4) is 0 Å². The molecule has 0 unspecified atom stereocenters. The van der Waals surface area contributed by atoms with Crippen LogP contribution < -0.4 is 5.32 Å². The van der Waals surface area contributed by atoms with Gasteiger partial charge in [0.15, 0.2) is 5.82 Å². The Balaban J connectivity index is 1.43. The molecule has 158 valence electrons. The predicted molar refractivity (Wildman–Crippen MR) is 106 cm³/mol. The highest BCUT2D eigenvalue weighted by Crippen LogP contribution is 2.24. The van der Waals surface area contributed by atoms with E-state index in [0.717, 1.165) is 64.2 Å². The highest BCUT2D eigenvalue weighted by Gasteiger charge is 2.31. The summed E-state index contributed by atoms with van der Waals surface area (Å²) in [5.74, 6) is 2.06. The summed E-state index contributed by atoms with van der Waals surface area (Å²) >= 11 is 0. The first-order valence-electron chi connectivity index (χ1n) is 10.6. The van der Waals surface area contributed by atoms with E-state index < -0.39 is 0 Å². The summed E-state index contributed by atoms with van der Waals surface area (Å²) in [5.41, 5.74) is 0. The van der Waals surface area contributed by atoms with Crippen molar-refractivity contribution in [3.05, 3.63) is 11.7 Å². The van der Waals surface area contributed by atoms with Gasteiger partial charge in [-0.1, -0.05) is 19.0 Å². The van der Waals surface area contributed by atoms with E-state index in [1.54, 1.807) is 7.11 Å². The number of amides is 1. The number of carbonyl (C=O) groups is 1. The highest BCUT2D eigenvalue weighted by molar-refractivity contribution is 5.78. The minimum atomic E-state index is 0.109. The van der Waals surface area contributed by atoms with Gasteiger partial charge in [0.1, 0.15) is 0 Å². The van der Waals surface area contributed by atoms with Crippen LogP contribution in [-0.2, 0) is 16.1 Å². The number of methoxy groups -OCH3 is 1. The molecular formula is C20H35N5O3. The summed E-state index contributed by atoms with van der Waals surface area (Å²) in [7, 11) is 1.66. The van der Waals surface area contributed by atoms with Gasteiger partial charge in [-0.05, 0) is 32.2 Å². The van der Waals surface area contributed by atoms with Crippen LogP contribution in [0, 0.1) is 5.92 Å². The van der Waals surface area contributed by atoms with Crippen LogP contribution in [0.3, 0.4) is 0 Å². The summed E-state index contributed by atoms with van der Waals surface area (Å²) in [4.78, 5) is 21.8. The van der Waals surface area contributed by atoms with Crippen molar-refractivity contribution in [2.75, 3.05) is 46.4 Å². The zero-order valence-electron chi connectivity index (χ0n) is 17.5. The molecule has 2 aliphatic heterocycles. The van der Waals surface area contributed by atoms with Crippen molar-refractivity contribution >= 4 is 5.91 Å². The molecule has 2 aliphatic rings. The molecule has 1 aromatic heterocycles. The molecular weight excluding hydrogens is 358 g/mol. The second kappa shape index (κ2) is 10.3. The Hall–Kier alpha value is -1.51. The van der Waals surface area contributed by atoms with Gasteiger partial charge in [-0.3, -0.25) is 14.6 Å². The van der Waals surface area contributed by atoms with Crippen molar-refractivity contribution in [2.45, 2.75) is 58.0 Å². The monoisotopic (exact) mass is 393 g/mol. The van der Waals surface area contributed by atoms with Crippen LogP contribution in [-0.4, -0.2) is 78.3 Å². The molecule has 3 heterocycles. The SMILES string of the molecule is COCCNC(=O)[C@H]1CCCN(C2CCN(Cc3noc(C(C)C)n3)CC2)C1. The first-order valence-corrected chi connectivity index (χ1v) is 10.6. The summed E-state index contributed by atoms with van der Waals surface area (Å²) in [6.07, 6.45) is 4.35. The van der Waals surface area contributed by atoms with Crippen molar-refractivity contribution in [2.24, 2.45) is 5.92 Å². The third-order valence-electron chi connectivity index (χ3n) is 5.85. The fraction of sp³-hybridized carbons (Fsp3) is 0.850. The molecule has 0 aromatic carbocycles. The molecule has 0 spiro atoms. The minimum Gasteiger partial charge on any atom is -0.383 e. The maximum absolute atomic E-state index is 12.4. The Bertz CT molecular complexity index is 613.